The second-order valence-corrected chi connectivity index (χ2v) is 6.62. The number of ether oxygens (including phenoxy) is 2. The molecule has 2 aromatic carbocycles. The number of nitrogens with zero attached hydrogens (tertiary/aromatic N) is 2. The van der Waals surface area contributed by atoms with Crippen LogP contribution in [0.5, 0.6) is 5.75 Å². The van der Waals surface area contributed by atoms with Gasteiger partial charge < -0.3 is 14.0 Å². The molecule has 0 aliphatic carbocycles. The predicted octanol–water partition coefficient (Wildman–Crippen LogP) is 5.42. The number of hydrogen-bond donors (Lipinski definition) is 0. The van der Waals surface area contributed by atoms with Gasteiger partial charge in [0.2, 0.25) is 0 Å². The molecule has 5 heteroatoms. The van der Waals surface area contributed by atoms with Crippen molar-refractivity contribution in [2.24, 2.45) is 4.99 Å². The van der Waals surface area contributed by atoms with Crippen LogP contribution in [0.2, 0.25) is 0 Å². The Hall–Kier alpha value is -3.34. The van der Waals surface area contributed by atoms with Crippen LogP contribution in [0, 0.1) is 13.8 Å². The van der Waals surface area contributed by atoms with Gasteiger partial charge in [0.15, 0.2) is 0 Å². The lowest BCUT2D eigenvalue weighted by Gasteiger charge is -2.11. The largest absolute Gasteiger partial charge is 0.494 e. The van der Waals surface area contributed by atoms with Crippen molar-refractivity contribution in [3.63, 3.8) is 0 Å². The molecule has 3 aromatic rings. The number of rotatable bonds is 7. The van der Waals surface area contributed by atoms with Gasteiger partial charge in [0.1, 0.15) is 5.75 Å². The Labute approximate surface area is 171 Å². The lowest BCUT2D eigenvalue weighted by molar-refractivity contribution is 0.0526. The van der Waals surface area contributed by atoms with E-state index in [-0.39, 0.29) is 5.97 Å². The van der Waals surface area contributed by atoms with Crippen LogP contribution < -0.4 is 4.74 Å². The first-order chi connectivity index (χ1) is 14.0. The van der Waals surface area contributed by atoms with Crippen LogP contribution in [-0.4, -0.2) is 30.0 Å². The zero-order valence-corrected chi connectivity index (χ0v) is 17.3. The maximum atomic E-state index is 12.1. The van der Waals surface area contributed by atoms with Crippen molar-refractivity contribution in [2.45, 2.75) is 27.7 Å². The second kappa shape index (κ2) is 9.24. The molecule has 0 spiro atoms. The summed E-state index contributed by atoms with van der Waals surface area (Å²) in [5.74, 6) is 0.496. The first-order valence-corrected chi connectivity index (χ1v) is 9.77. The Morgan fingerprint density at radius 1 is 1.03 bits per heavy atom. The van der Waals surface area contributed by atoms with E-state index < -0.39 is 0 Å². The van der Waals surface area contributed by atoms with Gasteiger partial charge in [0, 0.05) is 34.9 Å². The van der Waals surface area contributed by atoms with Gasteiger partial charge in [0.05, 0.1) is 24.5 Å². The standard InChI is InChI=1S/C24H26N2O3/c1-5-28-23-12-8-10-21(15-23)25-16-20-13-17(3)26(18(20)4)22-11-7-9-19(14-22)24(27)29-6-2/h7-16H,5-6H2,1-4H3. The highest BCUT2D eigenvalue weighted by molar-refractivity contribution is 5.90. The number of carbonyl (C=O) groups excluding carboxylic acids is 1. The minimum atomic E-state index is -0.312. The number of aromatic nitrogens is 1. The number of aliphatic imine (C=N–C) groups is 1. The van der Waals surface area contributed by atoms with E-state index in [0.717, 1.165) is 34.1 Å². The minimum Gasteiger partial charge on any atom is -0.494 e. The van der Waals surface area contributed by atoms with Crippen molar-refractivity contribution in [1.29, 1.82) is 0 Å². The normalized spacial score (nSPS) is 11.0. The number of carbonyl (C=O) groups is 1. The molecular formula is C24H26N2O3. The summed E-state index contributed by atoms with van der Waals surface area (Å²) in [5, 5.41) is 0. The Bertz CT molecular complexity index is 1030. The van der Waals surface area contributed by atoms with E-state index in [4.69, 9.17) is 9.47 Å². The van der Waals surface area contributed by atoms with Gasteiger partial charge in [-0.15, -0.1) is 0 Å². The van der Waals surface area contributed by atoms with E-state index in [1.165, 1.54) is 0 Å². The van der Waals surface area contributed by atoms with Gasteiger partial charge >= 0.3 is 5.97 Å². The fraction of sp³-hybridized carbons (Fsp3) is 0.250. The van der Waals surface area contributed by atoms with Gasteiger partial charge in [-0.2, -0.15) is 0 Å². The molecule has 0 atom stereocenters. The maximum absolute atomic E-state index is 12.1. The van der Waals surface area contributed by atoms with E-state index in [0.29, 0.717) is 18.8 Å². The molecule has 0 radical (unpaired) electrons. The molecule has 3 rings (SSSR count). The third-order valence-corrected chi connectivity index (χ3v) is 4.57. The minimum absolute atomic E-state index is 0.312. The van der Waals surface area contributed by atoms with E-state index in [1.54, 1.807) is 13.0 Å². The maximum Gasteiger partial charge on any atom is 0.338 e. The van der Waals surface area contributed by atoms with Gasteiger partial charge in [-0.25, -0.2) is 4.79 Å². The fourth-order valence-corrected chi connectivity index (χ4v) is 3.27. The molecule has 0 fully saturated rings. The van der Waals surface area contributed by atoms with Gasteiger partial charge in [0.25, 0.3) is 0 Å². The third-order valence-electron chi connectivity index (χ3n) is 4.57. The zero-order valence-electron chi connectivity index (χ0n) is 17.3. The molecule has 0 saturated carbocycles. The first-order valence-electron chi connectivity index (χ1n) is 9.77. The van der Waals surface area contributed by atoms with Crippen LogP contribution in [-0.2, 0) is 4.74 Å². The summed E-state index contributed by atoms with van der Waals surface area (Å²) in [6, 6.07) is 17.3. The van der Waals surface area contributed by atoms with Crippen molar-refractivity contribution >= 4 is 17.9 Å². The number of esters is 1. The highest BCUT2D eigenvalue weighted by Crippen LogP contribution is 2.23. The number of hydrogen-bond acceptors (Lipinski definition) is 4. The van der Waals surface area contributed by atoms with Crippen molar-refractivity contribution < 1.29 is 14.3 Å². The Morgan fingerprint density at radius 3 is 2.59 bits per heavy atom. The smallest absolute Gasteiger partial charge is 0.338 e. The van der Waals surface area contributed by atoms with Crippen LogP contribution in [0.3, 0.4) is 0 Å². The summed E-state index contributed by atoms with van der Waals surface area (Å²) >= 11 is 0. The summed E-state index contributed by atoms with van der Waals surface area (Å²) < 4.78 is 12.8. The van der Waals surface area contributed by atoms with Gasteiger partial charge in [-0.05, 0) is 64.1 Å². The number of aryl methyl sites for hydroxylation is 1. The van der Waals surface area contributed by atoms with Gasteiger partial charge in [-0.3, -0.25) is 4.99 Å². The molecule has 0 saturated heterocycles. The van der Waals surface area contributed by atoms with Crippen LogP contribution in [0.15, 0.2) is 59.6 Å². The van der Waals surface area contributed by atoms with Crippen molar-refractivity contribution in [3.05, 3.63) is 77.1 Å². The Morgan fingerprint density at radius 2 is 1.83 bits per heavy atom. The zero-order chi connectivity index (χ0) is 20.8. The Balaban J connectivity index is 1.90. The van der Waals surface area contributed by atoms with Crippen molar-refractivity contribution in [2.75, 3.05) is 13.2 Å². The summed E-state index contributed by atoms with van der Waals surface area (Å²) in [4.78, 5) is 16.7. The van der Waals surface area contributed by atoms with Crippen LogP contribution >= 0.6 is 0 Å². The molecule has 0 unspecified atom stereocenters. The van der Waals surface area contributed by atoms with E-state index >= 15 is 0 Å². The van der Waals surface area contributed by atoms with Crippen LogP contribution in [0.4, 0.5) is 5.69 Å². The quantitative estimate of drug-likeness (QED) is 0.400. The molecule has 1 aromatic heterocycles. The molecule has 150 valence electrons. The molecule has 0 amide bonds. The molecule has 29 heavy (non-hydrogen) atoms. The summed E-state index contributed by atoms with van der Waals surface area (Å²) in [7, 11) is 0. The lowest BCUT2D eigenvalue weighted by Crippen LogP contribution is -2.06. The van der Waals surface area contributed by atoms with Crippen molar-refractivity contribution in [3.8, 4) is 11.4 Å². The van der Waals surface area contributed by atoms with Crippen molar-refractivity contribution in [1.82, 2.24) is 4.57 Å². The lowest BCUT2D eigenvalue weighted by atomic mass is 10.2. The van der Waals surface area contributed by atoms with Crippen LogP contribution in [0.25, 0.3) is 5.69 Å². The van der Waals surface area contributed by atoms with Crippen LogP contribution in [0.1, 0.15) is 41.2 Å². The summed E-state index contributed by atoms with van der Waals surface area (Å²) in [6.07, 6.45) is 1.86. The fourth-order valence-electron chi connectivity index (χ4n) is 3.27. The predicted molar refractivity (Wildman–Crippen MR) is 116 cm³/mol. The molecule has 5 nitrogen and oxygen atoms in total. The molecule has 0 aliphatic rings. The molecular weight excluding hydrogens is 364 g/mol. The monoisotopic (exact) mass is 390 g/mol. The average molecular weight is 390 g/mol. The number of benzene rings is 2. The highest BCUT2D eigenvalue weighted by atomic mass is 16.5. The van der Waals surface area contributed by atoms with E-state index in [9.17, 15) is 4.79 Å². The first kappa shape index (κ1) is 20.4. The molecule has 1 heterocycles. The topological polar surface area (TPSA) is 52.8 Å². The molecule has 0 N–H and O–H groups in total. The SMILES string of the molecule is CCOC(=O)c1cccc(-n2c(C)cc(C=Nc3cccc(OCC)c3)c2C)c1. The van der Waals surface area contributed by atoms with E-state index in [1.807, 2.05) is 69.5 Å². The van der Waals surface area contributed by atoms with E-state index in [2.05, 4.69) is 15.6 Å². The third kappa shape index (κ3) is 4.74. The molecule has 0 bridgehead atoms. The highest BCUT2D eigenvalue weighted by Gasteiger charge is 2.12. The van der Waals surface area contributed by atoms with Gasteiger partial charge in [-0.1, -0.05) is 12.1 Å². The summed E-state index contributed by atoms with van der Waals surface area (Å²) in [5.41, 5.74) is 5.43. The molecule has 0 aliphatic heterocycles. The average Bonchev–Trinajstić information content (AvgIpc) is 3.00. The Kier molecular flexibility index (Phi) is 6.50. The summed E-state index contributed by atoms with van der Waals surface area (Å²) in [6.45, 7) is 8.83. The second-order valence-electron chi connectivity index (χ2n) is 6.62.